The minimum absolute atomic E-state index is 0.0935. The molecule has 0 aromatic rings. The number of carbonyl (C=O) groups is 1. The summed E-state index contributed by atoms with van der Waals surface area (Å²) in [5, 5.41) is 8.68. The summed E-state index contributed by atoms with van der Waals surface area (Å²) in [7, 11) is 0. The van der Waals surface area contributed by atoms with Crippen molar-refractivity contribution in [3.63, 3.8) is 0 Å². The standard InChI is InChI=1S/C14H26O3S/c1-10(2)12-5-4-11(3)8-13(12)17-14(16)9-18-7-6-15/h10-13,15H,4-9H2,1-3H3. The first-order valence-corrected chi connectivity index (χ1v) is 8.08. The monoisotopic (exact) mass is 274 g/mol. The zero-order chi connectivity index (χ0) is 13.5. The molecule has 0 saturated heterocycles. The number of aliphatic hydroxyl groups is 1. The van der Waals surface area contributed by atoms with Crippen LogP contribution < -0.4 is 0 Å². The highest BCUT2D eigenvalue weighted by Crippen LogP contribution is 2.35. The SMILES string of the molecule is CC1CCC(C(C)C)C(OC(=O)CSCCO)C1. The van der Waals surface area contributed by atoms with Crippen LogP contribution in [0.3, 0.4) is 0 Å². The van der Waals surface area contributed by atoms with Crippen molar-refractivity contribution < 1.29 is 14.6 Å². The molecule has 0 heterocycles. The molecule has 0 bridgehead atoms. The molecule has 3 unspecified atom stereocenters. The highest BCUT2D eigenvalue weighted by Gasteiger charge is 2.33. The molecule has 3 atom stereocenters. The van der Waals surface area contributed by atoms with Crippen LogP contribution >= 0.6 is 11.8 Å². The third kappa shape index (κ3) is 5.19. The number of thioether (sulfide) groups is 1. The number of aliphatic hydroxyl groups excluding tert-OH is 1. The lowest BCUT2D eigenvalue weighted by Crippen LogP contribution is -2.36. The Balaban J connectivity index is 2.42. The third-order valence-electron chi connectivity index (χ3n) is 3.70. The Morgan fingerprint density at radius 1 is 1.44 bits per heavy atom. The molecule has 1 fully saturated rings. The fourth-order valence-electron chi connectivity index (χ4n) is 2.67. The summed E-state index contributed by atoms with van der Waals surface area (Å²) in [6, 6.07) is 0. The highest BCUT2D eigenvalue weighted by molar-refractivity contribution is 7.99. The number of carbonyl (C=O) groups excluding carboxylic acids is 1. The van der Waals surface area contributed by atoms with Gasteiger partial charge < -0.3 is 9.84 Å². The zero-order valence-corrected chi connectivity index (χ0v) is 12.5. The van der Waals surface area contributed by atoms with E-state index in [9.17, 15) is 4.79 Å². The van der Waals surface area contributed by atoms with Crippen molar-refractivity contribution in [2.75, 3.05) is 18.1 Å². The quantitative estimate of drug-likeness (QED) is 0.597. The van der Waals surface area contributed by atoms with Gasteiger partial charge in [-0.15, -0.1) is 11.8 Å². The second kappa shape index (κ2) is 8.05. The molecular formula is C14H26O3S. The van der Waals surface area contributed by atoms with Crippen molar-refractivity contribution in [2.24, 2.45) is 17.8 Å². The molecule has 1 N–H and O–H groups in total. The van der Waals surface area contributed by atoms with E-state index in [0.29, 0.717) is 29.3 Å². The van der Waals surface area contributed by atoms with Crippen molar-refractivity contribution in [3.05, 3.63) is 0 Å². The van der Waals surface area contributed by atoms with Crippen LogP contribution in [0, 0.1) is 17.8 Å². The van der Waals surface area contributed by atoms with Gasteiger partial charge in [0.25, 0.3) is 0 Å². The summed E-state index contributed by atoms with van der Waals surface area (Å²) in [6.07, 6.45) is 3.51. The van der Waals surface area contributed by atoms with Crippen molar-refractivity contribution in [2.45, 2.75) is 46.1 Å². The van der Waals surface area contributed by atoms with E-state index in [1.165, 1.54) is 24.6 Å². The Bertz CT molecular complexity index is 255. The van der Waals surface area contributed by atoms with Gasteiger partial charge in [-0.2, -0.15) is 0 Å². The molecule has 0 radical (unpaired) electrons. The van der Waals surface area contributed by atoms with Crippen LogP contribution in [0.2, 0.25) is 0 Å². The molecule has 0 aliphatic heterocycles. The summed E-state index contributed by atoms with van der Waals surface area (Å²) in [4.78, 5) is 11.7. The van der Waals surface area contributed by atoms with Gasteiger partial charge in [0.15, 0.2) is 0 Å². The van der Waals surface area contributed by atoms with Crippen LogP contribution in [0.25, 0.3) is 0 Å². The van der Waals surface area contributed by atoms with Crippen LogP contribution in [0.4, 0.5) is 0 Å². The fourth-order valence-corrected chi connectivity index (χ4v) is 3.18. The maximum Gasteiger partial charge on any atom is 0.316 e. The first kappa shape index (κ1) is 15.8. The van der Waals surface area contributed by atoms with Crippen LogP contribution in [-0.2, 0) is 9.53 Å². The average molecular weight is 274 g/mol. The summed E-state index contributed by atoms with van der Waals surface area (Å²) in [5.41, 5.74) is 0. The van der Waals surface area contributed by atoms with E-state index in [0.717, 1.165) is 6.42 Å². The third-order valence-corrected chi connectivity index (χ3v) is 4.61. The van der Waals surface area contributed by atoms with Crippen molar-refractivity contribution in [1.29, 1.82) is 0 Å². The molecule has 0 aromatic heterocycles. The van der Waals surface area contributed by atoms with E-state index in [1.807, 2.05) is 0 Å². The van der Waals surface area contributed by atoms with Gasteiger partial charge in [0.2, 0.25) is 0 Å². The number of ether oxygens (including phenoxy) is 1. The number of rotatable bonds is 6. The fraction of sp³-hybridized carbons (Fsp3) is 0.929. The first-order chi connectivity index (χ1) is 8.54. The van der Waals surface area contributed by atoms with Gasteiger partial charge in [0.05, 0.1) is 12.4 Å². The molecule has 1 aliphatic carbocycles. The molecule has 3 nitrogen and oxygen atoms in total. The van der Waals surface area contributed by atoms with Gasteiger partial charge in [-0.1, -0.05) is 27.2 Å². The largest absolute Gasteiger partial charge is 0.461 e. The van der Waals surface area contributed by atoms with E-state index in [1.54, 1.807) is 0 Å². The van der Waals surface area contributed by atoms with Crippen LogP contribution in [-0.4, -0.2) is 35.3 Å². The van der Waals surface area contributed by atoms with Gasteiger partial charge in [0, 0.05) is 5.75 Å². The van der Waals surface area contributed by atoms with Gasteiger partial charge in [-0.3, -0.25) is 4.79 Å². The van der Waals surface area contributed by atoms with E-state index in [4.69, 9.17) is 9.84 Å². The number of hydrogen-bond donors (Lipinski definition) is 1. The van der Waals surface area contributed by atoms with Crippen molar-refractivity contribution in [3.8, 4) is 0 Å². The molecular weight excluding hydrogens is 248 g/mol. The molecule has 1 saturated carbocycles. The Morgan fingerprint density at radius 2 is 2.17 bits per heavy atom. The lowest BCUT2D eigenvalue weighted by atomic mass is 9.75. The lowest BCUT2D eigenvalue weighted by Gasteiger charge is -2.36. The predicted molar refractivity (Wildman–Crippen MR) is 75.6 cm³/mol. The highest BCUT2D eigenvalue weighted by atomic mass is 32.2. The van der Waals surface area contributed by atoms with E-state index < -0.39 is 0 Å². The Morgan fingerprint density at radius 3 is 2.78 bits per heavy atom. The second-order valence-corrected chi connectivity index (χ2v) is 6.74. The van der Waals surface area contributed by atoms with Crippen LogP contribution in [0.5, 0.6) is 0 Å². The molecule has 106 valence electrons. The summed E-state index contributed by atoms with van der Waals surface area (Å²) in [5.74, 6) is 2.56. The van der Waals surface area contributed by atoms with Crippen molar-refractivity contribution in [1.82, 2.24) is 0 Å². The Labute approximate surface area is 115 Å². The molecule has 0 spiro atoms. The first-order valence-electron chi connectivity index (χ1n) is 6.92. The minimum atomic E-state index is -0.127. The smallest absolute Gasteiger partial charge is 0.316 e. The normalized spacial score (nSPS) is 28.4. The number of hydrogen-bond acceptors (Lipinski definition) is 4. The second-order valence-electron chi connectivity index (χ2n) is 5.63. The summed E-state index contributed by atoms with van der Waals surface area (Å²) >= 11 is 1.44. The Kier molecular flexibility index (Phi) is 7.08. The van der Waals surface area contributed by atoms with Crippen LogP contribution in [0.1, 0.15) is 40.0 Å². The summed E-state index contributed by atoms with van der Waals surface area (Å²) in [6.45, 7) is 6.77. The maximum absolute atomic E-state index is 11.7. The molecule has 1 aliphatic rings. The maximum atomic E-state index is 11.7. The lowest BCUT2D eigenvalue weighted by molar-refractivity contribution is -0.152. The molecule has 4 heteroatoms. The van der Waals surface area contributed by atoms with Gasteiger partial charge >= 0.3 is 5.97 Å². The zero-order valence-electron chi connectivity index (χ0n) is 11.7. The Hall–Kier alpha value is -0.220. The van der Waals surface area contributed by atoms with E-state index in [-0.39, 0.29) is 18.7 Å². The van der Waals surface area contributed by atoms with Crippen molar-refractivity contribution >= 4 is 17.7 Å². The predicted octanol–water partition coefficient (Wildman–Crippen LogP) is 2.72. The molecule has 1 rings (SSSR count). The van der Waals surface area contributed by atoms with Gasteiger partial charge in [0.1, 0.15) is 6.10 Å². The minimum Gasteiger partial charge on any atom is -0.461 e. The summed E-state index contributed by atoms with van der Waals surface area (Å²) < 4.78 is 5.64. The van der Waals surface area contributed by atoms with Crippen LogP contribution in [0.15, 0.2) is 0 Å². The number of esters is 1. The molecule has 0 amide bonds. The van der Waals surface area contributed by atoms with Gasteiger partial charge in [-0.05, 0) is 30.6 Å². The van der Waals surface area contributed by atoms with E-state index >= 15 is 0 Å². The van der Waals surface area contributed by atoms with Gasteiger partial charge in [-0.25, -0.2) is 0 Å². The molecule has 0 aromatic carbocycles. The van der Waals surface area contributed by atoms with E-state index in [2.05, 4.69) is 20.8 Å². The average Bonchev–Trinajstić information content (AvgIpc) is 2.29. The topological polar surface area (TPSA) is 46.5 Å². The molecule has 18 heavy (non-hydrogen) atoms.